The highest BCUT2D eigenvalue weighted by atomic mass is 35.5. The van der Waals surface area contributed by atoms with Crippen LogP contribution in [-0.2, 0) is 6.18 Å². The number of alkyl halides is 3. The van der Waals surface area contributed by atoms with Crippen molar-refractivity contribution in [3.8, 4) is 29.8 Å². The van der Waals surface area contributed by atoms with E-state index in [0.717, 1.165) is 12.1 Å². The van der Waals surface area contributed by atoms with Crippen molar-refractivity contribution in [2.45, 2.75) is 13.1 Å². The first-order chi connectivity index (χ1) is 12.2. The fourth-order valence-corrected chi connectivity index (χ4v) is 2.18. The van der Waals surface area contributed by atoms with Crippen molar-refractivity contribution >= 4 is 11.6 Å². The fourth-order valence-electron chi connectivity index (χ4n) is 1.97. The van der Waals surface area contributed by atoms with E-state index >= 15 is 0 Å². The molecule has 1 heterocycles. The molecule has 0 bridgehead atoms. The number of aromatic nitrogens is 2. The zero-order valence-electron chi connectivity index (χ0n) is 13.2. The van der Waals surface area contributed by atoms with Crippen molar-refractivity contribution in [1.29, 1.82) is 0 Å². The number of hydrogen-bond donors (Lipinski definition) is 0. The average molecular weight is 391 g/mol. The summed E-state index contributed by atoms with van der Waals surface area (Å²) >= 11 is 5.83. The van der Waals surface area contributed by atoms with E-state index in [1.807, 2.05) is 0 Å². The monoisotopic (exact) mass is 390 g/mol. The van der Waals surface area contributed by atoms with E-state index in [9.17, 15) is 22.4 Å². The van der Waals surface area contributed by atoms with Gasteiger partial charge in [-0.25, -0.2) is 8.96 Å². The largest absolute Gasteiger partial charge is 0.479 e. The SMILES string of the molecule is C#CCOc1cc(-n2c(OCC)nc(C(F)(F)F)cc2=O)c(F)cc1Cl. The van der Waals surface area contributed by atoms with Crippen LogP contribution < -0.4 is 15.0 Å². The van der Waals surface area contributed by atoms with Crippen LogP contribution in [0, 0.1) is 18.2 Å². The van der Waals surface area contributed by atoms with E-state index in [-0.39, 0.29) is 30.1 Å². The molecule has 0 aliphatic rings. The molecular weight excluding hydrogens is 380 g/mol. The van der Waals surface area contributed by atoms with Gasteiger partial charge in [-0.1, -0.05) is 17.5 Å². The fraction of sp³-hybridized carbons (Fsp3) is 0.250. The maximum Gasteiger partial charge on any atom is 0.433 e. The van der Waals surface area contributed by atoms with Crippen molar-refractivity contribution in [2.75, 3.05) is 13.2 Å². The van der Waals surface area contributed by atoms with Gasteiger partial charge in [-0.3, -0.25) is 4.79 Å². The molecule has 2 rings (SSSR count). The Labute approximate surface area is 150 Å². The Morgan fingerprint density at radius 1 is 1.31 bits per heavy atom. The maximum absolute atomic E-state index is 14.3. The van der Waals surface area contributed by atoms with Crippen LogP contribution in [0.3, 0.4) is 0 Å². The highest BCUT2D eigenvalue weighted by Gasteiger charge is 2.35. The molecule has 0 aliphatic carbocycles. The van der Waals surface area contributed by atoms with Crippen molar-refractivity contribution in [2.24, 2.45) is 0 Å². The lowest BCUT2D eigenvalue weighted by Gasteiger charge is -2.16. The highest BCUT2D eigenvalue weighted by Crippen LogP contribution is 2.32. The molecule has 0 radical (unpaired) electrons. The molecule has 0 spiro atoms. The molecule has 0 fully saturated rings. The summed E-state index contributed by atoms with van der Waals surface area (Å²) in [6.07, 6.45) is 0.195. The van der Waals surface area contributed by atoms with Crippen LogP contribution in [0.1, 0.15) is 12.6 Å². The molecule has 1 aromatic heterocycles. The molecule has 0 N–H and O–H groups in total. The molecule has 0 atom stereocenters. The Balaban J connectivity index is 2.71. The number of ether oxygens (including phenoxy) is 2. The maximum atomic E-state index is 14.3. The lowest BCUT2D eigenvalue weighted by Crippen LogP contribution is -2.25. The summed E-state index contributed by atoms with van der Waals surface area (Å²) < 4.78 is 63.6. The number of hydrogen-bond acceptors (Lipinski definition) is 4. The van der Waals surface area contributed by atoms with Gasteiger partial charge >= 0.3 is 12.2 Å². The molecule has 10 heteroatoms. The van der Waals surface area contributed by atoms with Crippen LogP contribution in [-0.4, -0.2) is 22.8 Å². The predicted octanol–water partition coefficient (Wildman–Crippen LogP) is 3.45. The summed E-state index contributed by atoms with van der Waals surface area (Å²) in [5.74, 6) is 1.13. The Morgan fingerprint density at radius 2 is 2.00 bits per heavy atom. The molecular formula is C16H11ClF4N2O3. The topological polar surface area (TPSA) is 53.4 Å². The van der Waals surface area contributed by atoms with Gasteiger partial charge < -0.3 is 9.47 Å². The Morgan fingerprint density at radius 3 is 2.58 bits per heavy atom. The van der Waals surface area contributed by atoms with Gasteiger partial charge in [0.25, 0.3) is 5.56 Å². The summed E-state index contributed by atoms with van der Waals surface area (Å²) in [5.41, 5.74) is -3.10. The molecule has 0 saturated carbocycles. The number of nitrogens with zero attached hydrogens (tertiary/aromatic N) is 2. The standard InChI is InChI=1S/C16H11ClF4N2O3/c1-3-5-26-12-7-11(10(18)6-9(12)17)23-14(24)8-13(16(19,20)21)22-15(23)25-4-2/h1,6-8H,4-5H2,2H3. The molecule has 0 saturated heterocycles. The van der Waals surface area contributed by atoms with Gasteiger partial charge in [0.2, 0.25) is 0 Å². The first-order valence-corrected chi connectivity index (χ1v) is 7.46. The van der Waals surface area contributed by atoms with Crippen LogP contribution in [0.2, 0.25) is 5.02 Å². The number of halogens is 5. The van der Waals surface area contributed by atoms with Crippen molar-refractivity contribution < 1.29 is 27.0 Å². The Bertz CT molecular complexity index is 919. The van der Waals surface area contributed by atoms with Crippen molar-refractivity contribution in [3.05, 3.63) is 45.1 Å². The lowest BCUT2D eigenvalue weighted by atomic mass is 10.2. The van der Waals surface area contributed by atoms with Gasteiger partial charge in [0.05, 0.1) is 17.3 Å². The first kappa shape index (κ1) is 19.6. The van der Waals surface area contributed by atoms with Gasteiger partial charge in [0.1, 0.15) is 18.2 Å². The van der Waals surface area contributed by atoms with E-state index in [2.05, 4.69) is 10.9 Å². The van der Waals surface area contributed by atoms with Gasteiger partial charge in [-0.2, -0.15) is 18.2 Å². The van der Waals surface area contributed by atoms with E-state index in [1.165, 1.54) is 6.92 Å². The normalized spacial score (nSPS) is 11.1. The minimum absolute atomic E-state index is 0.0599. The van der Waals surface area contributed by atoms with Crippen LogP contribution >= 0.6 is 11.6 Å². The van der Waals surface area contributed by atoms with E-state index in [1.54, 1.807) is 0 Å². The Kier molecular flexibility index (Phi) is 5.77. The molecule has 2 aromatic rings. The summed E-state index contributed by atoms with van der Waals surface area (Å²) in [6.45, 7) is 1.17. The van der Waals surface area contributed by atoms with E-state index in [0.29, 0.717) is 4.57 Å². The van der Waals surface area contributed by atoms with Crippen LogP contribution in [0.5, 0.6) is 11.8 Å². The molecule has 26 heavy (non-hydrogen) atoms. The molecule has 138 valence electrons. The van der Waals surface area contributed by atoms with Gasteiger partial charge in [-0.15, -0.1) is 6.42 Å². The summed E-state index contributed by atoms with van der Waals surface area (Å²) in [7, 11) is 0. The molecule has 0 unspecified atom stereocenters. The quantitative estimate of drug-likeness (QED) is 0.579. The van der Waals surface area contributed by atoms with Crippen molar-refractivity contribution in [1.82, 2.24) is 9.55 Å². The molecule has 0 amide bonds. The third-order valence-electron chi connectivity index (χ3n) is 3.01. The molecule has 1 aromatic carbocycles. The van der Waals surface area contributed by atoms with Crippen LogP contribution in [0.4, 0.5) is 17.6 Å². The third-order valence-corrected chi connectivity index (χ3v) is 3.30. The average Bonchev–Trinajstić information content (AvgIpc) is 2.54. The zero-order valence-corrected chi connectivity index (χ0v) is 14.0. The number of terminal acetylenes is 1. The van der Waals surface area contributed by atoms with E-state index in [4.69, 9.17) is 27.5 Å². The first-order valence-electron chi connectivity index (χ1n) is 7.08. The summed E-state index contributed by atoms with van der Waals surface area (Å²) in [4.78, 5) is 15.5. The predicted molar refractivity (Wildman–Crippen MR) is 85.3 cm³/mol. The minimum atomic E-state index is -4.87. The van der Waals surface area contributed by atoms with Crippen molar-refractivity contribution in [3.63, 3.8) is 0 Å². The lowest BCUT2D eigenvalue weighted by molar-refractivity contribution is -0.141. The second-order valence-electron chi connectivity index (χ2n) is 4.76. The second-order valence-corrected chi connectivity index (χ2v) is 5.16. The summed E-state index contributed by atoms with van der Waals surface area (Å²) in [5, 5.41) is -0.132. The smallest absolute Gasteiger partial charge is 0.433 e. The van der Waals surface area contributed by atoms with Crippen LogP contribution in [0.15, 0.2) is 23.0 Å². The second kappa shape index (κ2) is 7.66. The highest BCUT2D eigenvalue weighted by molar-refractivity contribution is 6.32. The van der Waals surface area contributed by atoms with Gasteiger partial charge in [0, 0.05) is 12.1 Å². The molecule has 5 nitrogen and oxygen atoms in total. The van der Waals surface area contributed by atoms with Gasteiger partial charge in [-0.05, 0) is 13.0 Å². The van der Waals surface area contributed by atoms with E-state index < -0.39 is 34.9 Å². The minimum Gasteiger partial charge on any atom is -0.479 e. The number of benzene rings is 1. The number of rotatable bonds is 5. The zero-order chi connectivity index (χ0) is 19.5. The molecule has 0 aliphatic heterocycles. The third kappa shape index (κ3) is 4.08. The van der Waals surface area contributed by atoms with Crippen LogP contribution in [0.25, 0.3) is 5.69 Å². The Hall–Kier alpha value is -2.73. The summed E-state index contributed by atoms with van der Waals surface area (Å²) in [6, 6.07) is 1.37. The van der Waals surface area contributed by atoms with Gasteiger partial charge in [0.15, 0.2) is 5.69 Å².